The maximum atomic E-state index is 5.82. The summed E-state index contributed by atoms with van der Waals surface area (Å²) in [6.45, 7) is 3.53. The lowest BCUT2D eigenvalue weighted by atomic mass is 10.3. The van der Waals surface area contributed by atoms with Crippen molar-refractivity contribution >= 4 is 12.2 Å². The van der Waals surface area contributed by atoms with Crippen molar-refractivity contribution in [2.24, 2.45) is 4.99 Å². The molecule has 0 bridgehead atoms. The molecule has 0 radical (unpaired) electrons. The third kappa shape index (κ3) is 3.66. The van der Waals surface area contributed by atoms with Crippen molar-refractivity contribution in [2.45, 2.75) is 20.1 Å². The molecule has 0 saturated carbocycles. The van der Waals surface area contributed by atoms with Crippen molar-refractivity contribution in [3.05, 3.63) is 71.9 Å². The number of aromatic nitrogens is 3. The van der Waals surface area contributed by atoms with Gasteiger partial charge >= 0.3 is 0 Å². The van der Waals surface area contributed by atoms with Gasteiger partial charge in [-0.2, -0.15) is 5.10 Å². The van der Waals surface area contributed by atoms with Gasteiger partial charge in [-0.15, -0.1) is 0 Å². The molecule has 132 valence electrons. The van der Waals surface area contributed by atoms with Crippen LogP contribution in [0, 0.1) is 6.92 Å². The summed E-state index contributed by atoms with van der Waals surface area (Å²) in [6.07, 6.45) is 5.58. The van der Waals surface area contributed by atoms with E-state index in [9.17, 15) is 0 Å². The molecule has 4 rings (SSSR count). The molecule has 0 unspecified atom stereocenters. The molecule has 0 fully saturated rings. The zero-order chi connectivity index (χ0) is 17.8. The summed E-state index contributed by atoms with van der Waals surface area (Å²) in [7, 11) is 0. The van der Waals surface area contributed by atoms with Gasteiger partial charge in [0.2, 0.25) is 0 Å². The van der Waals surface area contributed by atoms with E-state index in [1.807, 2.05) is 65.0 Å². The van der Waals surface area contributed by atoms with E-state index in [4.69, 9.17) is 9.26 Å². The number of aliphatic imine (C=N–C) groups is 1. The molecule has 2 aromatic heterocycles. The van der Waals surface area contributed by atoms with Gasteiger partial charge in [-0.25, -0.2) is 9.67 Å². The van der Waals surface area contributed by atoms with E-state index < -0.39 is 0 Å². The first-order valence-corrected chi connectivity index (χ1v) is 8.40. The number of nitrogens with zero attached hydrogens (tertiary/aromatic N) is 5. The number of ether oxygens (including phenoxy) is 1. The maximum Gasteiger partial charge on any atom is 0.158 e. The van der Waals surface area contributed by atoms with Crippen LogP contribution in [0.2, 0.25) is 0 Å². The van der Waals surface area contributed by atoms with Gasteiger partial charge in [0.1, 0.15) is 30.4 Å². The highest BCUT2D eigenvalue weighted by atomic mass is 16.5. The molecule has 0 spiro atoms. The van der Waals surface area contributed by atoms with Crippen LogP contribution in [0.4, 0.5) is 5.82 Å². The molecule has 1 aliphatic heterocycles. The number of rotatable bonds is 6. The summed E-state index contributed by atoms with van der Waals surface area (Å²) in [6, 6.07) is 13.6. The summed E-state index contributed by atoms with van der Waals surface area (Å²) in [5.41, 5.74) is 1.69. The molecule has 0 saturated heterocycles. The highest BCUT2D eigenvalue weighted by Gasteiger charge is 2.16. The number of aryl methyl sites for hydroxylation is 1. The predicted molar refractivity (Wildman–Crippen MR) is 98.3 cm³/mol. The van der Waals surface area contributed by atoms with E-state index in [2.05, 4.69) is 15.2 Å². The minimum Gasteiger partial charge on any atom is -0.487 e. The van der Waals surface area contributed by atoms with Crippen molar-refractivity contribution in [3.8, 4) is 5.75 Å². The molecule has 7 heteroatoms. The Balaban J connectivity index is 1.56. The second-order valence-electron chi connectivity index (χ2n) is 5.99. The third-order valence-corrected chi connectivity index (χ3v) is 3.92. The number of para-hydroxylation sites is 1. The Labute approximate surface area is 151 Å². The van der Waals surface area contributed by atoms with Gasteiger partial charge in [-0.1, -0.05) is 23.4 Å². The SMILES string of the molecule is Cc1cc(Cn2nc(COc3ccccc3)cc2N2C=NC=CC2)on1. The van der Waals surface area contributed by atoms with Gasteiger partial charge in [0, 0.05) is 24.9 Å². The molecule has 3 aromatic rings. The average Bonchev–Trinajstić information content (AvgIpc) is 3.28. The smallest absolute Gasteiger partial charge is 0.158 e. The lowest BCUT2D eigenvalue weighted by Crippen LogP contribution is -2.26. The molecule has 0 aliphatic carbocycles. The van der Waals surface area contributed by atoms with Crippen LogP contribution in [-0.4, -0.2) is 27.8 Å². The van der Waals surface area contributed by atoms with E-state index in [0.717, 1.165) is 35.3 Å². The Hall–Kier alpha value is -3.35. The lowest BCUT2D eigenvalue weighted by Gasteiger charge is -2.19. The van der Waals surface area contributed by atoms with Gasteiger partial charge < -0.3 is 14.2 Å². The fourth-order valence-electron chi connectivity index (χ4n) is 2.73. The number of benzene rings is 1. The Morgan fingerprint density at radius 1 is 1.19 bits per heavy atom. The molecule has 0 amide bonds. The summed E-state index contributed by atoms with van der Waals surface area (Å²) in [4.78, 5) is 6.23. The first kappa shape index (κ1) is 16.1. The number of hydrogen-bond donors (Lipinski definition) is 0. The van der Waals surface area contributed by atoms with E-state index in [-0.39, 0.29) is 0 Å². The molecule has 1 aromatic carbocycles. The first-order chi connectivity index (χ1) is 12.8. The summed E-state index contributed by atoms with van der Waals surface area (Å²) >= 11 is 0. The van der Waals surface area contributed by atoms with Crippen molar-refractivity contribution < 1.29 is 9.26 Å². The van der Waals surface area contributed by atoms with Gasteiger partial charge in [0.25, 0.3) is 0 Å². The maximum absolute atomic E-state index is 5.82. The first-order valence-electron chi connectivity index (χ1n) is 8.40. The highest BCUT2D eigenvalue weighted by molar-refractivity contribution is 5.79. The topological polar surface area (TPSA) is 68.7 Å². The van der Waals surface area contributed by atoms with Crippen molar-refractivity contribution in [2.75, 3.05) is 11.4 Å². The molecule has 0 N–H and O–H groups in total. The predicted octanol–water partition coefficient (Wildman–Crippen LogP) is 3.17. The van der Waals surface area contributed by atoms with Gasteiger partial charge in [0.05, 0.1) is 12.0 Å². The average molecular weight is 349 g/mol. The molecule has 7 nitrogen and oxygen atoms in total. The van der Waals surface area contributed by atoms with Crippen LogP contribution in [0.25, 0.3) is 0 Å². The van der Waals surface area contributed by atoms with Crippen molar-refractivity contribution in [3.63, 3.8) is 0 Å². The van der Waals surface area contributed by atoms with Crippen LogP contribution < -0.4 is 9.64 Å². The van der Waals surface area contributed by atoms with Gasteiger partial charge in [-0.3, -0.25) is 0 Å². The normalized spacial score (nSPS) is 13.3. The van der Waals surface area contributed by atoms with E-state index in [1.54, 1.807) is 12.5 Å². The monoisotopic (exact) mass is 349 g/mol. The zero-order valence-electron chi connectivity index (χ0n) is 14.4. The summed E-state index contributed by atoms with van der Waals surface area (Å²) in [5.74, 6) is 2.50. The van der Waals surface area contributed by atoms with Gasteiger partial charge in [-0.05, 0) is 25.1 Å². The summed E-state index contributed by atoms with van der Waals surface area (Å²) in [5, 5.41) is 8.63. The van der Waals surface area contributed by atoms with Crippen LogP contribution in [0.15, 0.2) is 64.3 Å². The van der Waals surface area contributed by atoms with Gasteiger partial charge in [0.15, 0.2) is 5.76 Å². The summed E-state index contributed by atoms with van der Waals surface area (Å²) < 4.78 is 13.0. The largest absolute Gasteiger partial charge is 0.487 e. The minimum absolute atomic E-state index is 0.389. The van der Waals surface area contributed by atoms with E-state index in [1.165, 1.54) is 0 Å². The van der Waals surface area contributed by atoms with Crippen LogP contribution in [-0.2, 0) is 13.2 Å². The highest BCUT2D eigenvalue weighted by Crippen LogP contribution is 2.20. The molecular formula is C19H19N5O2. The molecular weight excluding hydrogens is 330 g/mol. The zero-order valence-corrected chi connectivity index (χ0v) is 14.4. The lowest BCUT2D eigenvalue weighted by molar-refractivity contribution is 0.299. The van der Waals surface area contributed by atoms with Crippen molar-refractivity contribution in [1.29, 1.82) is 0 Å². The quantitative estimate of drug-likeness (QED) is 0.684. The second-order valence-corrected chi connectivity index (χ2v) is 5.99. The van der Waals surface area contributed by atoms with Crippen LogP contribution in [0.5, 0.6) is 5.75 Å². The van der Waals surface area contributed by atoms with Crippen molar-refractivity contribution in [1.82, 2.24) is 14.9 Å². The van der Waals surface area contributed by atoms with E-state index >= 15 is 0 Å². The standard InChI is InChI=1S/C19H19N5O2/c1-15-10-18(26-22-15)12-24-19(23-9-5-8-20-14-23)11-16(21-24)13-25-17-6-3-2-4-7-17/h2-8,10-11,14H,9,12-13H2,1H3. The fraction of sp³-hybridized carbons (Fsp3) is 0.211. The fourth-order valence-corrected chi connectivity index (χ4v) is 2.73. The van der Waals surface area contributed by atoms with Crippen LogP contribution in [0.1, 0.15) is 17.1 Å². The Morgan fingerprint density at radius 3 is 2.81 bits per heavy atom. The molecule has 26 heavy (non-hydrogen) atoms. The number of anilines is 1. The Bertz CT molecular complexity index is 927. The molecule has 3 heterocycles. The Kier molecular flexibility index (Phi) is 4.51. The van der Waals surface area contributed by atoms with Crippen LogP contribution >= 0.6 is 0 Å². The minimum atomic E-state index is 0.389. The molecule has 0 atom stereocenters. The van der Waals surface area contributed by atoms with E-state index in [0.29, 0.717) is 13.2 Å². The molecule has 1 aliphatic rings. The number of hydrogen-bond acceptors (Lipinski definition) is 6. The van der Waals surface area contributed by atoms with Crippen LogP contribution in [0.3, 0.4) is 0 Å². The third-order valence-electron chi connectivity index (χ3n) is 3.92. The Morgan fingerprint density at radius 2 is 2.08 bits per heavy atom. The second kappa shape index (κ2) is 7.26.